The molecule has 1 aromatic carbocycles. The number of pyridine rings is 1. The van der Waals surface area contributed by atoms with Gasteiger partial charge >= 0.3 is 0 Å². The zero-order chi connectivity index (χ0) is 13.4. The molecule has 0 amide bonds. The number of nitrogens with zero attached hydrogens (tertiary/aromatic N) is 3. The molecular weight excluding hydrogens is 349 g/mol. The molecule has 0 unspecified atom stereocenters. The van der Waals surface area contributed by atoms with Crippen molar-refractivity contribution in [1.29, 1.82) is 0 Å². The minimum absolute atomic E-state index is 0.316. The van der Waals surface area contributed by atoms with Crippen molar-refractivity contribution >= 4 is 50.3 Å². The first-order chi connectivity index (χ1) is 9.20. The van der Waals surface area contributed by atoms with Crippen LogP contribution in [0.1, 0.15) is 5.82 Å². The molecule has 0 atom stereocenters. The average molecular weight is 357 g/mol. The van der Waals surface area contributed by atoms with Gasteiger partial charge in [-0.2, -0.15) is 0 Å². The Bertz CT molecular complexity index is 755. The van der Waals surface area contributed by atoms with Gasteiger partial charge in [-0.1, -0.05) is 11.6 Å². The van der Waals surface area contributed by atoms with Crippen LogP contribution in [0.15, 0.2) is 41.0 Å². The Morgan fingerprint density at radius 2 is 2.11 bits per heavy atom. The number of fused-ring (bicyclic) bond motifs is 1. The number of alkyl halides is 1. The zero-order valence-electron chi connectivity index (χ0n) is 9.65. The van der Waals surface area contributed by atoms with E-state index in [4.69, 9.17) is 23.2 Å². The maximum atomic E-state index is 6.02. The van der Waals surface area contributed by atoms with Crippen molar-refractivity contribution < 1.29 is 0 Å². The monoisotopic (exact) mass is 355 g/mol. The lowest BCUT2D eigenvalue weighted by Crippen LogP contribution is -2.00. The summed E-state index contributed by atoms with van der Waals surface area (Å²) in [5.74, 6) is 1.07. The van der Waals surface area contributed by atoms with Gasteiger partial charge in [0, 0.05) is 10.7 Å². The molecule has 0 saturated carbocycles. The highest BCUT2D eigenvalue weighted by atomic mass is 79.9. The second kappa shape index (κ2) is 5.12. The van der Waals surface area contributed by atoms with Crippen LogP contribution in [0, 0.1) is 0 Å². The van der Waals surface area contributed by atoms with Crippen LogP contribution in [0.5, 0.6) is 0 Å². The second-order valence-corrected chi connectivity index (χ2v) is 5.47. The number of halogens is 3. The van der Waals surface area contributed by atoms with Crippen LogP contribution in [0.4, 0.5) is 0 Å². The maximum Gasteiger partial charge on any atom is 0.164 e. The summed E-state index contributed by atoms with van der Waals surface area (Å²) in [6, 6.07) is 9.44. The standard InChI is InChI=1S/C13H8BrCl2N3/c14-9-6-8(3-4-10(9)16)19-12(7-15)18-11-2-1-5-17-13(11)19/h1-6H,7H2. The Kier molecular flexibility index (Phi) is 3.48. The molecule has 2 heterocycles. The molecule has 3 nitrogen and oxygen atoms in total. The molecule has 96 valence electrons. The SMILES string of the molecule is ClCc1nc2cccnc2n1-c1ccc(Cl)c(Br)c1. The molecule has 0 N–H and O–H groups in total. The van der Waals surface area contributed by atoms with Gasteiger partial charge in [0.15, 0.2) is 5.65 Å². The fraction of sp³-hybridized carbons (Fsp3) is 0.0769. The summed E-state index contributed by atoms with van der Waals surface area (Å²) in [6.45, 7) is 0. The van der Waals surface area contributed by atoms with Crippen LogP contribution >= 0.6 is 39.1 Å². The molecular formula is C13H8BrCl2N3. The molecule has 6 heteroatoms. The lowest BCUT2D eigenvalue weighted by atomic mass is 10.3. The third-order valence-electron chi connectivity index (χ3n) is 2.77. The maximum absolute atomic E-state index is 6.02. The Balaban J connectivity index is 2.31. The Morgan fingerprint density at radius 3 is 2.84 bits per heavy atom. The summed E-state index contributed by atoms with van der Waals surface area (Å²) in [4.78, 5) is 8.85. The predicted octanol–water partition coefficient (Wildman–Crippen LogP) is 4.58. The lowest BCUT2D eigenvalue weighted by Gasteiger charge is -2.08. The molecule has 0 fully saturated rings. The van der Waals surface area contributed by atoms with Gasteiger partial charge in [0.1, 0.15) is 11.3 Å². The minimum Gasteiger partial charge on any atom is -0.280 e. The van der Waals surface area contributed by atoms with Crippen LogP contribution < -0.4 is 0 Å². The summed E-state index contributed by atoms with van der Waals surface area (Å²) < 4.78 is 2.76. The van der Waals surface area contributed by atoms with E-state index in [0.717, 1.165) is 27.1 Å². The van der Waals surface area contributed by atoms with Crippen molar-refractivity contribution in [1.82, 2.24) is 14.5 Å². The van der Waals surface area contributed by atoms with Gasteiger partial charge in [0.25, 0.3) is 0 Å². The molecule has 0 saturated heterocycles. The van der Waals surface area contributed by atoms with Gasteiger partial charge in [-0.15, -0.1) is 11.6 Å². The topological polar surface area (TPSA) is 30.7 Å². The molecule has 0 bridgehead atoms. The molecule has 2 aromatic heterocycles. The number of rotatable bonds is 2. The van der Waals surface area contributed by atoms with E-state index >= 15 is 0 Å². The highest BCUT2D eigenvalue weighted by Crippen LogP contribution is 2.27. The van der Waals surface area contributed by atoms with E-state index in [9.17, 15) is 0 Å². The smallest absolute Gasteiger partial charge is 0.164 e. The van der Waals surface area contributed by atoms with E-state index in [1.54, 1.807) is 6.20 Å². The summed E-state index contributed by atoms with van der Waals surface area (Å²) in [7, 11) is 0. The Morgan fingerprint density at radius 1 is 1.26 bits per heavy atom. The first-order valence-electron chi connectivity index (χ1n) is 5.54. The molecule has 3 aromatic rings. The molecule has 19 heavy (non-hydrogen) atoms. The summed E-state index contributed by atoms with van der Waals surface area (Å²) in [5.41, 5.74) is 2.53. The van der Waals surface area contributed by atoms with Gasteiger partial charge in [0.2, 0.25) is 0 Å². The first-order valence-corrected chi connectivity index (χ1v) is 7.25. The van der Waals surface area contributed by atoms with Crippen molar-refractivity contribution in [3.8, 4) is 5.69 Å². The van der Waals surface area contributed by atoms with Crippen LogP contribution in [0.25, 0.3) is 16.9 Å². The van der Waals surface area contributed by atoms with Crippen LogP contribution in [-0.2, 0) is 5.88 Å². The number of imidazole rings is 1. The Hall–Kier alpha value is -1.10. The van der Waals surface area contributed by atoms with E-state index < -0.39 is 0 Å². The van der Waals surface area contributed by atoms with Crippen LogP contribution in [0.2, 0.25) is 5.02 Å². The molecule has 3 rings (SSSR count). The van der Waals surface area contributed by atoms with E-state index in [0.29, 0.717) is 10.9 Å². The molecule has 0 aliphatic heterocycles. The number of hydrogen-bond donors (Lipinski definition) is 0. The van der Waals surface area contributed by atoms with Crippen LogP contribution in [0.3, 0.4) is 0 Å². The summed E-state index contributed by atoms with van der Waals surface area (Å²) in [6.07, 6.45) is 1.74. The average Bonchev–Trinajstić information content (AvgIpc) is 2.80. The van der Waals surface area contributed by atoms with E-state index in [1.807, 2.05) is 34.9 Å². The van der Waals surface area contributed by atoms with Gasteiger partial charge in [0.05, 0.1) is 16.6 Å². The van der Waals surface area contributed by atoms with Crippen molar-refractivity contribution in [2.75, 3.05) is 0 Å². The molecule has 0 aliphatic rings. The van der Waals surface area contributed by atoms with Gasteiger partial charge < -0.3 is 0 Å². The van der Waals surface area contributed by atoms with Gasteiger partial charge in [-0.05, 0) is 46.3 Å². The summed E-state index contributed by atoms with van der Waals surface area (Å²) in [5, 5.41) is 0.661. The predicted molar refractivity (Wildman–Crippen MR) is 81.1 cm³/mol. The largest absolute Gasteiger partial charge is 0.280 e. The van der Waals surface area contributed by atoms with Crippen molar-refractivity contribution in [3.63, 3.8) is 0 Å². The van der Waals surface area contributed by atoms with Crippen molar-refractivity contribution in [3.05, 3.63) is 51.8 Å². The van der Waals surface area contributed by atoms with E-state index in [2.05, 4.69) is 25.9 Å². The fourth-order valence-corrected chi connectivity index (χ4v) is 2.61. The molecule has 0 spiro atoms. The quantitative estimate of drug-likeness (QED) is 0.629. The normalized spacial score (nSPS) is 11.1. The number of hydrogen-bond acceptors (Lipinski definition) is 2. The van der Waals surface area contributed by atoms with Crippen molar-refractivity contribution in [2.45, 2.75) is 5.88 Å². The van der Waals surface area contributed by atoms with Gasteiger partial charge in [-0.25, -0.2) is 9.97 Å². The van der Waals surface area contributed by atoms with Gasteiger partial charge in [-0.3, -0.25) is 4.57 Å². The first kappa shape index (κ1) is 12.9. The third-order valence-corrected chi connectivity index (χ3v) is 4.22. The van der Waals surface area contributed by atoms with Crippen LogP contribution in [-0.4, -0.2) is 14.5 Å². The van der Waals surface area contributed by atoms with E-state index in [1.165, 1.54) is 0 Å². The third kappa shape index (κ3) is 2.24. The second-order valence-electron chi connectivity index (χ2n) is 3.94. The highest BCUT2D eigenvalue weighted by molar-refractivity contribution is 9.10. The van der Waals surface area contributed by atoms with E-state index in [-0.39, 0.29) is 0 Å². The number of aromatic nitrogens is 3. The number of benzene rings is 1. The summed E-state index contributed by atoms with van der Waals surface area (Å²) >= 11 is 15.4. The minimum atomic E-state index is 0.316. The highest BCUT2D eigenvalue weighted by Gasteiger charge is 2.13. The lowest BCUT2D eigenvalue weighted by molar-refractivity contribution is 0.969. The zero-order valence-corrected chi connectivity index (χ0v) is 12.7. The fourth-order valence-electron chi connectivity index (χ4n) is 1.94. The Labute approximate surface area is 128 Å². The van der Waals surface area contributed by atoms with Crippen molar-refractivity contribution in [2.24, 2.45) is 0 Å². The molecule has 0 radical (unpaired) electrons. The molecule has 0 aliphatic carbocycles.